The molecule has 0 atom stereocenters. The average Bonchev–Trinajstić information content (AvgIpc) is 2.77. The quantitative estimate of drug-likeness (QED) is 0.714. The minimum absolute atomic E-state index is 0.0281. The van der Waals surface area contributed by atoms with E-state index in [0.29, 0.717) is 25.2 Å². The molecule has 2 aromatic carbocycles. The van der Waals surface area contributed by atoms with Gasteiger partial charge >= 0.3 is 0 Å². The van der Waals surface area contributed by atoms with Gasteiger partial charge in [0, 0.05) is 31.2 Å². The second-order valence-corrected chi connectivity index (χ2v) is 7.20. The highest BCUT2D eigenvalue weighted by Crippen LogP contribution is 2.20. The monoisotopic (exact) mass is 398 g/mol. The van der Waals surface area contributed by atoms with Crippen LogP contribution in [0.3, 0.4) is 0 Å². The highest BCUT2D eigenvalue weighted by atomic mass is 19.1. The van der Waals surface area contributed by atoms with E-state index < -0.39 is 5.82 Å². The van der Waals surface area contributed by atoms with Gasteiger partial charge in [0.25, 0.3) is 11.8 Å². The number of nitrogens with zero attached hydrogens (tertiary/aromatic N) is 2. The minimum atomic E-state index is -0.477. The van der Waals surface area contributed by atoms with E-state index in [1.54, 1.807) is 12.1 Å². The fraction of sp³-hybridized carbons (Fsp3) is 0.391. The second kappa shape index (κ2) is 10.0. The van der Waals surface area contributed by atoms with Gasteiger partial charge in [-0.1, -0.05) is 37.3 Å². The lowest BCUT2D eigenvalue weighted by molar-refractivity contribution is -0.136. The third-order valence-corrected chi connectivity index (χ3v) is 5.19. The van der Waals surface area contributed by atoms with Gasteiger partial charge < -0.3 is 14.5 Å². The number of hydrogen-bond donors (Lipinski definition) is 0. The zero-order valence-corrected chi connectivity index (χ0v) is 16.7. The second-order valence-electron chi connectivity index (χ2n) is 7.20. The molecule has 0 unspecified atom stereocenters. The molecule has 0 bridgehead atoms. The summed E-state index contributed by atoms with van der Waals surface area (Å²) < 4.78 is 19.1. The number of piperidine rings is 1. The number of rotatable bonds is 7. The molecular formula is C23H27FN2O3. The van der Waals surface area contributed by atoms with Crippen LogP contribution < -0.4 is 4.74 Å². The molecule has 0 saturated carbocycles. The molecule has 1 heterocycles. The normalized spacial score (nSPS) is 14.5. The Morgan fingerprint density at radius 3 is 2.38 bits per heavy atom. The first kappa shape index (κ1) is 20.8. The summed E-state index contributed by atoms with van der Waals surface area (Å²) in [5.74, 6) is -0.515. The van der Waals surface area contributed by atoms with Gasteiger partial charge in [-0.05, 0) is 43.5 Å². The molecule has 0 aromatic heterocycles. The van der Waals surface area contributed by atoms with Crippen LogP contribution in [0.25, 0.3) is 0 Å². The van der Waals surface area contributed by atoms with E-state index >= 15 is 0 Å². The molecule has 1 aliphatic rings. The summed E-state index contributed by atoms with van der Waals surface area (Å²) in [5.41, 5.74) is 0.686. The van der Waals surface area contributed by atoms with E-state index in [1.165, 1.54) is 12.1 Å². The van der Waals surface area contributed by atoms with E-state index in [4.69, 9.17) is 4.74 Å². The summed E-state index contributed by atoms with van der Waals surface area (Å²) in [6.07, 6.45) is 2.28. The predicted molar refractivity (Wildman–Crippen MR) is 109 cm³/mol. The molecule has 0 aliphatic carbocycles. The summed E-state index contributed by atoms with van der Waals surface area (Å²) in [7, 11) is 0. The molecule has 3 rings (SSSR count). The third kappa shape index (κ3) is 5.34. The van der Waals surface area contributed by atoms with Gasteiger partial charge in [0.1, 0.15) is 0 Å². The molecule has 0 radical (unpaired) electrons. The Morgan fingerprint density at radius 2 is 1.72 bits per heavy atom. The largest absolute Gasteiger partial charge is 0.481 e. The number of benzene rings is 2. The van der Waals surface area contributed by atoms with Crippen LogP contribution in [0.5, 0.6) is 5.75 Å². The first-order valence-corrected chi connectivity index (χ1v) is 10.1. The number of hydrogen-bond acceptors (Lipinski definition) is 3. The van der Waals surface area contributed by atoms with Gasteiger partial charge in [0.15, 0.2) is 18.2 Å². The topological polar surface area (TPSA) is 49.9 Å². The Morgan fingerprint density at radius 1 is 1.07 bits per heavy atom. The third-order valence-electron chi connectivity index (χ3n) is 5.19. The van der Waals surface area contributed by atoms with Gasteiger partial charge in [-0.2, -0.15) is 0 Å². The maximum atomic E-state index is 13.7. The maximum Gasteiger partial charge on any atom is 0.260 e. The maximum absolute atomic E-state index is 13.7. The first-order chi connectivity index (χ1) is 14.1. The van der Waals surface area contributed by atoms with Crippen LogP contribution in [0.1, 0.15) is 36.5 Å². The Hall–Kier alpha value is -2.89. The van der Waals surface area contributed by atoms with Gasteiger partial charge in [-0.25, -0.2) is 4.39 Å². The zero-order chi connectivity index (χ0) is 20.6. The van der Waals surface area contributed by atoms with E-state index in [0.717, 1.165) is 19.3 Å². The summed E-state index contributed by atoms with van der Waals surface area (Å²) in [4.78, 5) is 29.0. The molecule has 1 fully saturated rings. The molecule has 1 aliphatic heterocycles. The average molecular weight is 398 g/mol. The lowest BCUT2D eigenvalue weighted by atomic mass is 10.0. The zero-order valence-electron chi connectivity index (χ0n) is 16.7. The predicted octanol–water partition coefficient (Wildman–Crippen LogP) is 3.75. The lowest BCUT2D eigenvalue weighted by Crippen LogP contribution is -2.50. The Bertz CT molecular complexity index is 820. The van der Waals surface area contributed by atoms with Crippen LogP contribution in [0, 0.1) is 5.82 Å². The standard InChI is InChI=1S/C23H27FN2O3/c1-2-14-26(22(27)17-29-21-11-7-6-10-20(21)24)19-12-15-25(16-13-19)23(28)18-8-4-3-5-9-18/h3-11,19H,2,12-17H2,1H3. The van der Waals surface area contributed by atoms with Crippen LogP contribution in [-0.4, -0.2) is 53.9 Å². The van der Waals surface area contributed by atoms with Crippen molar-refractivity contribution in [3.63, 3.8) is 0 Å². The number of ether oxygens (including phenoxy) is 1. The lowest BCUT2D eigenvalue weighted by Gasteiger charge is -2.38. The summed E-state index contributed by atoms with van der Waals surface area (Å²) in [6, 6.07) is 15.4. The molecule has 29 heavy (non-hydrogen) atoms. The molecule has 154 valence electrons. The van der Waals surface area contributed by atoms with Crippen molar-refractivity contribution in [3.05, 3.63) is 66.0 Å². The van der Waals surface area contributed by atoms with E-state index in [9.17, 15) is 14.0 Å². The number of halogens is 1. The molecule has 0 N–H and O–H groups in total. The number of carbonyl (C=O) groups is 2. The number of carbonyl (C=O) groups excluding carboxylic acids is 2. The van der Waals surface area contributed by atoms with Crippen LogP contribution in [0.15, 0.2) is 54.6 Å². The molecule has 6 heteroatoms. The van der Waals surface area contributed by atoms with Gasteiger partial charge in [-0.3, -0.25) is 9.59 Å². The summed E-state index contributed by atoms with van der Waals surface area (Å²) >= 11 is 0. The van der Waals surface area contributed by atoms with Crippen LogP contribution >= 0.6 is 0 Å². The Balaban J connectivity index is 1.56. The van der Waals surface area contributed by atoms with Crippen molar-refractivity contribution in [1.29, 1.82) is 0 Å². The van der Waals surface area contributed by atoms with Crippen LogP contribution in [0.2, 0.25) is 0 Å². The van der Waals surface area contributed by atoms with Crippen molar-refractivity contribution in [2.45, 2.75) is 32.2 Å². The highest BCUT2D eigenvalue weighted by Gasteiger charge is 2.29. The van der Waals surface area contributed by atoms with Crippen molar-refractivity contribution >= 4 is 11.8 Å². The van der Waals surface area contributed by atoms with Crippen molar-refractivity contribution < 1.29 is 18.7 Å². The number of likely N-dealkylation sites (tertiary alicyclic amines) is 1. The molecule has 5 nitrogen and oxygen atoms in total. The van der Waals surface area contributed by atoms with E-state index in [-0.39, 0.29) is 30.2 Å². The van der Waals surface area contributed by atoms with Gasteiger partial charge in [0.2, 0.25) is 0 Å². The molecule has 2 aromatic rings. The van der Waals surface area contributed by atoms with E-state index in [1.807, 2.05) is 47.1 Å². The smallest absolute Gasteiger partial charge is 0.260 e. The fourth-order valence-corrected chi connectivity index (χ4v) is 3.68. The highest BCUT2D eigenvalue weighted by molar-refractivity contribution is 5.94. The van der Waals surface area contributed by atoms with Crippen molar-refractivity contribution in [3.8, 4) is 5.75 Å². The number of para-hydroxylation sites is 1. The number of amides is 2. The Labute approximate surface area is 171 Å². The van der Waals surface area contributed by atoms with Crippen molar-refractivity contribution in [1.82, 2.24) is 9.80 Å². The summed E-state index contributed by atoms with van der Waals surface area (Å²) in [5, 5.41) is 0. The van der Waals surface area contributed by atoms with Crippen molar-refractivity contribution in [2.24, 2.45) is 0 Å². The van der Waals surface area contributed by atoms with Gasteiger partial charge in [-0.15, -0.1) is 0 Å². The fourth-order valence-electron chi connectivity index (χ4n) is 3.68. The van der Waals surface area contributed by atoms with Crippen LogP contribution in [-0.2, 0) is 4.79 Å². The van der Waals surface area contributed by atoms with E-state index in [2.05, 4.69) is 0 Å². The summed E-state index contributed by atoms with van der Waals surface area (Å²) in [6.45, 7) is 3.67. The first-order valence-electron chi connectivity index (χ1n) is 10.1. The Kier molecular flexibility index (Phi) is 7.22. The SMILES string of the molecule is CCCN(C(=O)COc1ccccc1F)C1CCN(C(=O)c2ccccc2)CC1. The molecular weight excluding hydrogens is 371 g/mol. The molecule has 1 saturated heterocycles. The minimum Gasteiger partial charge on any atom is -0.481 e. The van der Waals surface area contributed by atoms with Gasteiger partial charge in [0.05, 0.1) is 0 Å². The molecule has 0 spiro atoms. The van der Waals surface area contributed by atoms with Crippen LogP contribution in [0.4, 0.5) is 4.39 Å². The van der Waals surface area contributed by atoms with Crippen molar-refractivity contribution in [2.75, 3.05) is 26.2 Å². The molecule has 2 amide bonds.